The maximum Gasteiger partial charge on any atom is 0.134 e. The predicted molar refractivity (Wildman–Crippen MR) is 78.9 cm³/mol. The summed E-state index contributed by atoms with van der Waals surface area (Å²) in [5.74, 6) is 1.46. The molecular weight excluding hydrogens is 234 g/mol. The van der Waals surface area contributed by atoms with Crippen LogP contribution in [0.3, 0.4) is 0 Å². The first-order valence-electron chi connectivity index (χ1n) is 7.32. The lowest BCUT2D eigenvalue weighted by molar-refractivity contribution is 0.105. The molecule has 1 aromatic carbocycles. The van der Waals surface area contributed by atoms with Crippen LogP contribution < -0.4 is 5.73 Å². The third kappa shape index (κ3) is 2.30. The van der Waals surface area contributed by atoms with Gasteiger partial charge in [0, 0.05) is 5.39 Å². The molecule has 2 atom stereocenters. The Morgan fingerprint density at radius 1 is 1.26 bits per heavy atom. The summed E-state index contributed by atoms with van der Waals surface area (Å²) >= 11 is 0. The summed E-state index contributed by atoms with van der Waals surface area (Å²) in [5, 5.41) is 1.15. The molecule has 2 nitrogen and oxygen atoms in total. The van der Waals surface area contributed by atoms with E-state index in [-0.39, 0.29) is 6.04 Å². The third-order valence-corrected chi connectivity index (χ3v) is 4.80. The van der Waals surface area contributed by atoms with Gasteiger partial charge in [-0.15, -0.1) is 0 Å². The number of rotatable bonds is 2. The van der Waals surface area contributed by atoms with Crippen LogP contribution in [0.4, 0.5) is 0 Å². The van der Waals surface area contributed by atoms with E-state index in [9.17, 15) is 0 Å². The van der Waals surface area contributed by atoms with Crippen LogP contribution in [0.2, 0.25) is 0 Å². The summed E-state index contributed by atoms with van der Waals surface area (Å²) in [7, 11) is 0. The Bertz CT molecular complexity index is 536. The molecule has 2 N–H and O–H groups in total. The van der Waals surface area contributed by atoms with Crippen molar-refractivity contribution in [3.8, 4) is 0 Å². The van der Waals surface area contributed by atoms with Gasteiger partial charge in [0.15, 0.2) is 0 Å². The SMILES string of the molecule is CC1(C)CCCCC1C(N)c1cc2ccccc2o1. The number of hydrogen-bond donors (Lipinski definition) is 1. The topological polar surface area (TPSA) is 39.2 Å². The highest BCUT2D eigenvalue weighted by molar-refractivity contribution is 5.77. The van der Waals surface area contributed by atoms with Gasteiger partial charge in [0.1, 0.15) is 11.3 Å². The summed E-state index contributed by atoms with van der Waals surface area (Å²) in [5.41, 5.74) is 7.78. The molecular formula is C17H23NO. The molecule has 2 heteroatoms. The van der Waals surface area contributed by atoms with Crippen molar-refractivity contribution < 1.29 is 4.42 Å². The van der Waals surface area contributed by atoms with E-state index in [1.807, 2.05) is 18.2 Å². The van der Waals surface area contributed by atoms with Crippen molar-refractivity contribution in [2.75, 3.05) is 0 Å². The number of para-hydroxylation sites is 1. The smallest absolute Gasteiger partial charge is 0.134 e. The Morgan fingerprint density at radius 3 is 2.79 bits per heavy atom. The molecule has 3 rings (SSSR count). The van der Waals surface area contributed by atoms with Gasteiger partial charge in [0.05, 0.1) is 6.04 Å². The summed E-state index contributed by atoms with van der Waals surface area (Å²) in [6, 6.07) is 10.3. The maximum atomic E-state index is 6.52. The highest BCUT2D eigenvalue weighted by atomic mass is 16.3. The van der Waals surface area contributed by atoms with Crippen molar-refractivity contribution in [2.45, 2.75) is 45.6 Å². The van der Waals surface area contributed by atoms with E-state index in [4.69, 9.17) is 10.2 Å². The number of hydrogen-bond acceptors (Lipinski definition) is 2. The molecule has 0 saturated heterocycles. The molecule has 0 aliphatic heterocycles. The van der Waals surface area contributed by atoms with Gasteiger partial charge < -0.3 is 10.2 Å². The minimum absolute atomic E-state index is 0.0164. The third-order valence-electron chi connectivity index (χ3n) is 4.80. The second-order valence-electron chi connectivity index (χ2n) is 6.55. The first kappa shape index (κ1) is 12.7. The molecule has 1 fully saturated rings. The zero-order chi connectivity index (χ0) is 13.5. The lowest BCUT2D eigenvalue weighted by Gasteiger charge is -2.41. The van der Waals surface area contributed by atoms with Crippen LogP contribution in [-0.2, 0) is 0 Å². The number of nitrogens with two attached hydrogens (primary N) is 1. The number of furan rings is 1. The molecule has 1 aliphatic rings. The Hall–Kier alpha value is -1.28. The zero-order valence-corrected chi connectivity index (χ0v) is 11.9. The molecule has 1 saturated carbocycles. The zero-order valence-electron chi connectivity index (χ0n) is 11.9. The Balaban J connectivity index is 1.92. The van der Waals surface area contributed by atoms with E-state index in [0.717, 1.165) is 16.7 Å². The molecule has 1 aliphatic carbocycles. The minimum Gasteiger partial charge on any atom is -0.459 e. The van der Waals surface area contributed by atoms with E-state index in [2.05, 4.69) is 26.0 Å². The molecule has 1 heterocycles. The molecule has 0 amide bonds. The largest absolute Gasteiger partial charge is 0.459 e. The van der Waals surface area contributed by atoms with Gasteiger partial charge in [-0.3, -0.25) is 0 Å². The standard InChI is InChI=1S/C17H23NO/c1-17(2)10-6-5-8-13(17)16(18)15-11-12-7-3-4-9-14(12)19-15/h3-4,7,9,11,13,16H,5-6,8,10,18H2,1-2H3. The first-order chi connectivity index (χ1) is 9.08. The average molecular weight is 257 g/mol. The highest BCUT2D eigenvalue weighted by Gasteiger charge is 2.37. The van der Waals surface area contributed by atoms with Crippen LogP contribution in [0.5, 0.6) is 0 Å². The monoisotopic (exact) mass is 257 g/mol. The summed E-state index contributed by atoms with van der Waals surface area (Å²) < 4.78 is 5.95. The van der Waals surface area contributed by atoms with Gasteiger partial charge in [0.2, 0.25) is 0 Å². The molecule has 19 heavy (non-hydrogen) atoms. The second kappa shape index (κ2) is 4.68. The van der Waals surface area contributed by atoms with Gasteiger partial charge >= 0.3 is 0 Å². The van der Waals surface area contributed by atoms with Crippen LogP contribution in [0.15, 0.2) is 34.7 Å². The first-order valence-corrected chi connectivity index (χ1v) is 7.32. The van der Waals surface area contributed by atoms with Crippen LogP contribution in [0, 0.1) is 11.3 Å². The average Bonchev–Trinajstić information content (AvgIpc) is 2.81. The van der Waals surface area contributed by atoms with Gasteiger partial charge in [-0.05, 0) is 36.3 Å². The van der Waals surface area contributed by atoms with Crippen molar-refractivity contribution in [1.82, 2.24) is 0 Å². The van der Waals surface area contributed by atoms with E-state index < -0.39 is 0 Å². The lowest BCUT2D eigenvalue weighted by Crippen LogP contribution is -2.36. The molecule has 0 radical (unpaired) electrons. The fourth-order valence-electron chi connectivity index (χ4n) is 3.55. The van der Waals surface area contributed by atoms with Gasteiger partial charge in [-0.2, -0.15) is 0 Å². The molecule has 2 unspecified atom stereocenters. The predicted octanol–water partition coefficient (Wildman–Crippen LogP) is 4.65. The van der Waals surface area contributed by atoms with Crippen molar-refractivity contribution in [3.63, 3.8) is 0 Å². The van der Waals surface area contributed by atoms with Crippen LogP contribution >= 0.6 is 0 Å². The van der Waals surface area contributed by atoms with E-state index >= 15 is 0 Å². The highest BCUT2D eigenvalue weighted by Crippen LogP contribution is 2.46. The normalized spacial score (nSPS) is 24.5. The van der Waals surface area contributed by atoms with Crippen molar-refractivity contribution in [2.24, 2.45) is 17.1 Å². The Morgan fingerprint density at radius 2 is 2.05 bits per heavy atom. The fraction of sp³-hybridized carbons (Fsp3) is 0.529. The second-order valence-corrected chi connectivity index (χ2v) is 6.55. The Labute approximate surface area is 115 Å². The molecule has 2 aromatic rings. The quantitative estimate of drug-likeness (QED) is 0.850. The van der Waals surface area contributed by atoms with E-state index in [0.29, 0.717) is 11.3 Å². The number of benzene rings is 1. The van der Waals surface area contributed by atoms with E-state index in [1.54, 1.807) is 0 Å². The van der Waals surface area contributed by atoms with Crippen LogP contribution in [0.25, 0.3) is 11.0 Å². The van der Waals surface area contributed by atoms with Gasteiger partial charge in [-0.25, -0.2) is 0 Å². The minimum atomic E-state index is 0.0164. The Kier molecular flexibility index (Phi) is 3.14. The fourth-order valence-corrected chi connectivity index (χ4v) is 3.55. The number of fused-ring (bicyclic) bond motifs is 1. The molecule has 1 aromatic heterocycles. The van der Waals surface area contributed by atoms with Crippen LogP contribution in [0.1, 0.15) is 51.3 Å². The van der Waals surface area contributed by atoms with Crippen molar-refractivity contribution in [3.05, 3.63) is 36.1 Å². The summed E-state index contributed by atoms with van der Waals surface area (Å²) in [4.78, 5) is 0. The molecule has 0 bridgehead atoms. The van der Waals surface area contributed by atoms with E-state index in [1.165, 1.54) is 25.7 Å². The maximum absolute atomic E-state index is 6.52. The molecule has 0 spiro atoms. The van der Waals surface area contributed by atoms with Gasteiger partial charge in [0.25, 0.3) is 0 Å². The van der Waals surface area contributed by atoms with Crippen molar-refractivity contribution in [1.29, 1.82) is 0 Å². The lowest BCUT2D eigenvalue weighted by atomic mass is 9.65. The van der Waals surface area contributed by atoms with Crippen LogP contribution in [-0.4, -0.2) is 0 Å². The molecule has 102 valence electrons. The van der Waals surface area contributed by atoms with Gasteiger partial charge in [-0.1, -0.05) is 44.9 Å². The van der Waals surface area contributed by atoms with Crippen molar-refractivity contribution >= 4 is 11.0 Å². The summed E-state index contributed by atoms with van der Waals surface area (Å²) in [6.07, 6.45) is 5.11. The summed E-state index contributed by atoms with van der Waals surface area (Å²) in [6.45, 7) is 4.69.